The molecule has 1 saturated carbocycles. The third-order valence-corrected chi connectivity index (χ3v) is 4.47. The molecule has 0 atom stereocenters. The van der Waals surface area contributed by atoms with E-state index >= 15 is 0 Å². The van der Waals surface area contributed by atoms with Gasteiger partial charge in [-0.25, -0.2) is 4.98 Å². The lowest BCUT2D eigenvalue weighted by molar-refractivity contribution is -0.142. The molecule has 1 aliphatic carbocycles. The fourth-order valence-electron chi connectivity index (χ4n) is 2.89. The van der Waals surface area contributed by atoms with Crippen LogP contribution in [0.4, 0.5) is 24.9 Å². The fourth-order valence-corrected chi connectivity index (χ4v) is 3.01. The summed E-state index contributed by atoms with van der Waals surface area (Å²) in [6, 6.07) is 5.73. The zero-order valence-electron chi connectivity index (χ0n) is 14.1. The van der Waals surface area contributed by atoms with E-state index in [9.17, 15) is 18.3 Å². The average molecular weight is 403 g/mol. The standard InChI is InChI=1S/C17H18ClF3N4O2/c18-9-1-7-12(8-2-9)27-13-14(17(19,20)21)24-16(22)25-15(13)23-10-3-5-11(26)6-4-10/h1-2,7-8,10-11,26H,3-6H2,(H3,22,23,24,25). The van der Waals surface area contributed by atoms with E-state index in [1.807, 2.05) is 0 Å². The van der Waals surface area contributed by atoms with Crippen LogP contribution in [0.5, 0.6) is 11.5 Å². The van der Waals surface area contributed by atoms with E-state index in [0.717, 1.165) is 0 Å². The molecule has 27 heavy (non-hydrogen) atoms. The summed E-state index contributed by atoms with van der Waals surface area (Å²) < 4.78 is 46.0. The van der Waals surface area contributed by atoms with Gasteiger partial charge in [0.1, 0.15) is 5.75 Å². The Labute approximate surface area is 158 Å². The second kappa shape index (κ2) is 7.77. The third kappa shape index (κ3) is 4.92. The van der Waals surface area contributed by atoms with Gasteiger partial charge in [0.25, 0.3) is 0 Å². The summed E-state index contributed by atoms with van der Waals surface area (Å²) in [5, 5.41) is 13.0. The molecule has 1 fully saturated rings. The molecule has 0 aliphatic heterocycles. The largest absolute Gasteiger partial charge is 0.451 e. The number of aromatic nitrogens is 2. The smallest absolute Gasteiger partial charge is 0.437 e. The SMILES string of the molecule is Nc1nc(NC2CCC(O)CC2)c(Oc2ccc(Cl)cc2)c(C(F)(F)F)n1. The lowest BCUT2D eigenvalue weighted by Gasteiger charge is -2.27. The maximum absolute atomic E-state index is 13.5. The molecule has 1 heterocycles. The van der Waals surface area contributed by atoms with Gasteiger partial charge in [0.2, 0.25) is 11.7 Å². The molecule has 0 spiro atoms. The van der Waals surface area contributed by atoms with Crippen molar-refractivity contribution in [3.63, 3.8) is 0 Å². The summed E-state index contributed by atoms with van der Waals surface area (Å²) in [6.45, 7) is 0. The summed E-state index contributed by atoms with van der Waals surface area (Å²) >= 11 is 5.80. The summed E-state index contributed by atoms with van der Waals surface area (Å²) in [7, 11) is 0. The van der Waals surface area contributed by atoms with Gasteiger partial charge in [-0.3, -0.25) is 0 Å². The van der Waals surface area contributed by atoms with Crippen molar-refractivity contribution in [2.45, 2.75) is 44.0 Å². The van der Waals surface area contributed by atoms with E-state index in [2.05, 4.69) is 15.3 Å². The zero-order valence-corrected chi connectivity index (χ0v) is 14.9. The van der Waals surface area contributed by atoms with Crippen LogP contribution in [-0.2, 0) is 6.18 Å². The Bertz CT molecular complexity index is 794. The number of alkyl halides is 3. The first-order chi connectivity index (χ1) is 12.7. The first kappa shape index (κ1) is 19.5. The third-order valence-electron chi connectivity index (χ3n) is 4.22. The lowest BCUT2D eigenvalue weighted by atomic mass is 9.93. The number of nitrogen functional groups attached to an aromatic ring is 1. The number of nitrogens with one attached hydrogen (secondary N) is 1. The number of benzene rings is 1. The van der Waals surface area contributed by atoms with Crippen molar-refractivity contribution in [1.29, 1.82) is 0 Å². The normalized spacial score (nSPS) is 20.3. The quantitative estimate of drug-likeness (QED) is 0.708. The predicted molar refractivity (Wildman–Crippen MR) is 94.9 cm³/mol. The Morgan fingerprint density at radius 3 is 2.33 bits per heavy atom. The number of anilines is 2. The molecular formula is C17H18ClF3N4O2. The maximum atomic E-state index is 13.5. The summed E-state index contributed by atoms with van der Waals surface area (Å²) in [5.74, 6) is -1.04. The van der Waals surface area contributed by atoms with Gasteiger partial charge in [-0.05, 0) is 49.9 Å². The molecule has 1 aliphatic rings. The predicted octanol–water partition coefficient (Wildman–Crippen LogP) is 4.24. The van der Waals surface area contributed by atoms with Gasteiger partial charge >= 0.3 is 6.18 Å². The highest BCUT2D eigenvalue weighted by molar-refractivity contribution is 6.30. The Balaban J connectivity index is 1.97. The van der Waals surface area contributed by atoms with Crippen LogP contribution >= 0.6 is 11.6 Å². The number of nitrogens with two attached hydrogens (primary N) is 1. The zero-order chi connectivity index (χ0) is 19.6. The number of halogens is 4. The number of aliphatic hydroxyl groups is 1. The second-order valence-electron chi connectivity index (χ2n) is 6.31. The Morgan fingerprint density at radius 2 is 1.74 bits per heavy atom. The van der Waals surface area contributed by atoms with Gasteiger partial charge in [0.05, 0.1) is 6.10 Å². The maximum Gasteiger partial charge on any atom is 0.437 e. The van der Waals surface area contributed by atoms with Crippen LogP contribution in [0, 0.1) is 0 Å². The highest BCUT2D eigenvalue weighted by atomic mass is 35.5. The summed E-state index contributed by atoms with van der Waals surface area (Å²) in [5.41, 5.74) is 4.23. The molecule has 0 unspecified atom stereocenters. The van der Waals surface area contributed by atoms with Crippen LogP contribution < -0.4 is 15.8 Å². The summed E-state index contributed by atoms with van der Waals surface area (Å²) in [6.07, 6.45) is -2.89. The average Bonchev–Trinajstić information content (AvgIpc) is 2.60. The number of rotatable bonds is 4. The number of hydrogen-bond acceptors (Lipinski definition) is 6. The number of nitrogens with zero attached hydrogens (tertiary/aromatic N) is 2. The minimum Gasteiger partial charge on any atom is -0.451 e. The van der Waals surface area contributed by atoms with Crippen LogP contribution in [0.1, 0.15) is 31.4 Å². The van der Waals surface area contributed by atoms with E-state index < -0.39 is 29.7 Å². The van der Waals surface area contributed by atoms with Gasteiger partial charge in [0.15, 0.2) is 11.5 Å². The molecule has 4 N–H and O–H groups in total. The van der Waals surface area contributed by atoms with Crippen molar-refractivity contribution in [3.05, 3.63) is 35.0 Å². The molecule has 2 aromatic rings. The first-order valence-corrected chi connectivity index (χ1v) is 8.73. The van der Waals surface area contributed by atoms with Gasteiger partial charge in [-0.15, -0.1) is 0 Å². The number of ether oxygens (including phenoxy) is 1. The van der Waals surface area contributed by atoms with Crippen LogP contribution in [0.25, 0.3) is 0 Å². The highest BCUT2D eigenvalue weighted by Crippen LogP contribution is 2.41. The lowest BCUT2D eigenvalue weighted by Crippen LogP contribution is -2.29. The van der Waals surface area contributed by atoms with Crippen molar-refractivity contribution in [2.75, 3.05) is 11.1 Å². The van der Waals surface area contributed by atoms with Gasteiger partial charge in [-0.1, -0.05) is 11.6 Å². The molecular weight excluding hydrogens is 385 g/mol. The van der Waals surface area contributed by atoms with E-state index in [1.54, 1.807) is 0 Å². The molecule has 0 saturated heterocycles. The van der Waals surface area contributed by atoms with Gasteiger partial charge in [-0.2, -0.15) is 18.2 Å². The van der Waals surface area contributed by atoms with Crippen LogP contribution in [0.15, 0.2) is 24.3 Å². The minimum atomic E-state index is -4.78. The van der Waals surface area contributed by atoms with Crippen molar-refractivity contribution >= 4 is 23.4 Å². The molecule has 3 rings (SSSR count). The molecule has 1 aromatic heterocycles. The van der Waals surface area contributed by atoms with Crippen LogP contribution in [0.3, 0.4) is 0 Å². The first-order valence-electron chi connectivity index (χ1n) is 8.35. The minimum absolute atomic E-state index is 0.133. The topological polar surface area (TPSA) is 93.3 Å². The van der Waals surface area contributed by atoms with Crippen LogP contribution in [0.2, 0.25) is 5.02 Å². The molecule has 10 heteroatoms. The molecule has 6 nitrogen and oxygen atoms in total. The van der Waals surface area contributed by atoms with E-state index in [1.165, 1.54) is 24.3 Å². The van der Waals surface area contributed by atoms with Gasteiger partial charge < -0.3 is 20.9 Å². The molecule has 0 amide bonds. The van der Waals surface area contributed by atoms with Crippen molar-refractivity contribution < 1.29 is 23.0 Å². The van der Waals surface area contributed by atoms with Crippen LogP contribution in [-0.4, -0.2) is 27.2 Å². The highest BCUT2D eigenvalue weighted by Gasteiger charge is 2.39. The molecule has 0 radical (unpaired) electrons. The van der Waals surface area contributed by atoms with Crippen molar-refractivity contribution in [1.82, 2.24) is 9.97 Å². The fraction of sp³-hybridized carbons (Fsp3) is 0.412. The van der Waals surface area contributed by atoms with E-state index in [4.69, 9.17) is 22.1 Å². The van der Waals surface area contributed by atoms with E-state index in [-0.39, 0.29) is 17.6 Å². The molecule has 1 aromatic carbocycles. The van der Waals surface area contributed by atoms with Gasteiger partial charge in [0, 0.05) is 11.1 Å². The Kier molecular flexibility index (Phi) is 5.61. The monoisotopic (exact) mass is 402 g/mol. The van der Waals surface area contributed by atoms with Crippen molar-refractivity contribution in [2.24, 2.45) is 0 Å². The number of hydrogen-bond donors (Lipinski definition) is 3. The summed E-state index contributed by atoms with van der Waals surface area (Å²) in [4.78, 5) is 7.25. The van der Waals surface area contributed by atoms with Crippen molar-refractivity contribution in [3.8, 4) is 11.5 Å². The Morgan fingerprint density at radius 1 is 1.11 bits per heavy atom. The Hall–Kier alpha value is -2.26. The molecule has 146 valence electrons. The van der Waals surface area contributed by atoms with E-state index in [0.29, 0.717) is 30.7 Å². The molecule has 0 bridgehead atoms. The second-order valence-corrected chi connectivity index (χ2v) is 6.75. The number of aliphatic hydroxyl groups excluding tert-OH is 1.